The maximum Gasteiger partial charge on any atom is 0.259 e. The van der Waals surface area contributed by atoms with Gasteiger partial charge in [0.1, 0.15) is 5.75 Å². The minimum absolute atomic E-state index is 0.0287. The number of phenolic OH excluding ortho intramolecular Hbond substituents is 1. The average molecular weight is 269 g/mol. The van der Waals surface area contributed by atoms with E-state index in [1.54, 1.807) is 36.4 Å². The van der Waals surface area contributed by atoms with E-state index in [0.29, 0.717) is 11.3 Å². The molecule has 2 aromatic rings. The van der Waals surface area contributed by atoms with E-state index >= 15 is 0 Å². The summed E-state index contributed by atoms with van der Waals surface area (Å²) in [5, 5.41) is 12.4. The SMILES string of the molecule is CC(=O)c1ccc(NC(=O)c2ccc(C)cc2O)cc1. The van der Waals surface area contributed by atoms with E-state index in [-0.39, 0.29) is 17.1 Å². The molecule has 0 bridgehead atoms. The van der Waals surface area contributed by atoms with E-state index in [1.807, 2.05) is 6.92 Å². The minimum Gasteiger partial charge on any atom is -0.507 e. The van der Waals surface area contributed by atoms with Crippen molar-refractivity contribution in [3.8, 4) is 5.75 Å². The van der Waals surface area contributed by atoms with Gasteiger partial charge >= 0.3 is 0 Å². The standard InChI is InChI=1S/C16H15NO3/c1-10-3-8-14(15(19)9-10)16(20)17-13-6-4-12(5-7-13)11(2)18/h3-9,19H,1-2H3,(H,17,20). The van der Waals surface area contributed by atoms with Gasteiger partial charge in [0.2, 0.25) is 0 Å². The summed E-state index contributed by atoms with van der Waals surface area (Å²) in [6.07, 6.45) is 0. The van der Waals surface area contributed by atoms with Crippen molar-refractivity contribution in [2.75, 3.05) is 5.32 Å². The summed E-state index contributed by atoms with van der Waals surface area (Å²) in [7, 11) is 0. The first-order valence-electron chi connectivity index (χ1n) is 6.19. The Morgan fingerprint density at radius 2 is 1.70 bits per heavy atom. The van der Waals surface area contributed by atoms with Crippen LogP contribution in [0.15, 0.2) is 42.5 Å². The van der Waals surface area contributed by atoms with Gasteiger partial charge in [-0.05, 0) is 55.8 Å². The lowest BCUT2D eigenvalue weighted by Crippen LogP contribution is -2.12. The van der Waals surface area contributed by atoms with Crippen LogP contribution in [0.3, 0.4) is 0 Å². The molecule has 0 aliphatic rings. The van der Waals surface area contributed by atoms with E-state index in [9.17, 15) is 14.7 Å². The minimum atomic E-state index is -0.391. The lowest BCUT2D eigenvalue weighted by molar-refractivity contribution is 0.101. The highest BCUT2D eigenvalue weighted by Crippen LogP contribution is 2.20. The first-order chi connectivity index (χ1) is 9.47. The molecular formula is C16H15NO3. The number of aryl methyl sites for hydroxylation is 1. The molecule has 2 aromatic carbocycles. The number of nitrogens with one attached hydrogen (secondary N) is 1. The number of hydrogen-bond acceptors (Lipinski definition) is 3. The summed E-state index contributed by atoms with van der Waals surface area (Å²) in [4.78, 5) is 23.2. The molecule has 0 spiro atoms. The van der Waals surface area contributed by atoms with Crippen LogP contribution in [0.2, 0.25) is 0 Å². The molecule has 0 saturated carbocycles. The van der Waals surface area contributed by atoms with Gasteiger partial charge in [-0.1, -0.05) is 6.07 Å². The first kappa shape index (κ1) is 13.8. The summed E-state index contributed by atoms with van der Waals surface area (Å²) in [5.74, 6) is -0.472. The van der Waals surface area contributed by atoms with Gasteiger partial charge in [-0.2, -0.15) is 0 Å². The largest absolute Gasteiger partial charge is 0.507 e. The zero-order valence-corrected chi connectivity index (χ0v) is 11.3. The van der Waals surface area contributed by atoms with Crippen molar-refractivity contribution >= 4 is 17.4 Å². The molecule has 0 radical (unpaired) electrons. The number of benzene rings is 2. The number of amides is 1. The van der Waals surface area contributed by atoms with Crippen molar-refractivity contribution in [3.63, 3.8) is 0 Å². The number of Topliss-reactive ketones (excluding diaryl/α,β-unsaturated/α-hetero) is 1. The van der Waals surface area contributed by atoms with Gasteiger partial charge in [0.15, 0.2) is 5.78 Å². The number of anilines is 1. The number of carbonyl (C=O) groups excluding carboxylic acids is 2. The highest BCUT2D eigenvalue weighted by atomic mass is 16.3. The molecule has 0 aliphatic carbocycles. The van der Waals surface area contributed by atoms with Crippen LogP contribution in [0.5, 0.6) is 5.75 Å². The van der Waals surface area contributed by atoms with Crippen molar-refractivity contribution in [1.82, 2.24) is 0 Å². The Kier molecular flexibility index (Phi) is 3.84. The third-order valence-corrected chi connectivity index (χ3v) is 2.95. The van der Waals surface area contributed by atoms with E-state index in [1.165, 1.54) is 13.0 Å². The average Bonchev–Trinajstić information content (AvgIpc) is 2.39. The third-order valence-electron chi connectivity index (χ3n) is 2.95. The molecule has 0 atom stereocenters. The second kappa shape index (κ2) is 5.57. The molecule has 0 heterocycles. The van der Waals surface area contributed by atoms with Crippen molar-refractivity contribution in [1.29, 1.82) is 0 Å². The van der Waals surface area contributed by atoms with Crippen molar-refractivity contribution in [2.24, 2.45) is 0 Å². The van der Waals surface area contributed by atoms with E-state index in [0.717, 1.165) is 5.56 Å². The number of hydrogen-bond donors (Lipinski definition) is 2. The summed E-state index contributed by atoms with van der Waals surface area (Å²) in [5.41, 5.74) is 2.25. The van der Waals surface area contributed by atoms with Crippen molar-refractivity contribution in [2.45, 2.75) is 13.8 Å². The highest BCUT2D eigenvalue weighted by Gasteiger charge is 2.11. The number of phenols is 1. The van der Waals surface area contributed by atoms with Gasteiger partial charge < -0.3 is 10.4 Å². The number of aromatic hydroxyl groups is 1. The van der Waals surface area contributed by atoms with Crippen LogP contribution in [0.25, 0.3) is 0 Å². The molecule has 102 valence electrons. The van der Waals surface area contributed by atoms with Crippen LogP contribution in [0.1, 0.15) is 33.2 Å². The highest BCUT2D eigenvalue weighted by molar-refractivity contribution is 6.06. The molecule has 2 rings (SSSR count). The normalized spacial score (nSPS) is 10.1. The van der Waals surface area contributed by atoms with Gasteiger partial charge in [0.05, 0.1) is 5.56 Å². The van der Waals surface area contributed by atoms with Crippen LogP contribution in [-0.2, 0) is 0 Å². The molecular weight excluding hydrogens is 254 g/mol. The Morgan fingerprint density at radius 1 is 1.05 bits per heavy atom. The zero-order chi connectivity index (χ0) is 14.7. The number of ketones is 1. The summed E-state index contributed by atoms with van der Waals surface area (Å²) >= 11 is 0. The molecule has 0 aliphatic heterocycles. The predicted octanol–water partition coefficient (Wildman–Crippen LogP) is 3.16. The van der Waals surface area contributed by atoms with Crippen molar-refractivity contribution < 1.29 is 14.7 Å². The Morgan fingerprint density at radius 3 is 2.25 bits per heavy atom. The van der Waals surface area contributed by atoms with Gasteiger partial charge in [-0.25, -0.2) is 0 Å². The molecule has 0 unspecified atom stereocenters. The van der Waals surface area contributed by atoms with E-state index < -0.39 is 5.91 Å². The van der Waals surface area contributed by atoms with Crippen LogP contribution >= 0.6 is 0 Å². The molecule has 0 fully saturated rings. The molecule has 4 nitrogen and oxygen atoms in total. The fraction of sp³-hybridized carbons (Fsp3) is 0.125. The van der Waals surface area contributed by atoms with Gasteiger partial charge in [-0.3, -0.25) is 9.59 Å². The van der Waals surface area contributed by atoms with Crippen LogP contribution in [0, 0.1) is 6.92 Å². The van der Waals surface area contributed by atoms with Gasteiger partial charge in [0.25, 0.3) is 5.91 Å². The Bertz CT molecular complexity index is 660. The lowest BCUT2D eigenvalue weighted by atomic mass is 10.1. The monoisotopic (exact) mass is 269 g/mol. The Labute approximate surface area is 117 Å². The molecule has 4 heteroatoms. The predicted molar refractivity (Wildman–Crippen MR) is 77.2 cm³/mol. The fourth-order valence-corrected chi connectivity index (χ4v) is 1.82. The topological polar surface area (TPSA) is 66.4 Å². The lowest BCUT2D eigenvalue weighted by Gasteiger charge is -2.08. The maximum absolute atomic E-state index is 12.0. The molecule has 20 heavy (non-hydrogen) atoms. The number of carbonyl (C=O) groups is 2. The fourth-order valence-electron chi connectivity index (χ4n) is 1.82. The molecule has 0 saturated heterocycles. The van der Waals surface area contributed by atoms with Gasteiger partial charge in [-0.15, -0.1) is 0 Å². The molecule has 2 N–H and O–H groups in total. The van der Waals surface area contributed by atoms with E-state index in [4.69, 9.17) is 0 Å². The molecule has 1 amide bonds. The zero-order valence-electron chi connectivity index (χ0n) is 11.3. The second-order valence-electron chi connectivity index (χ2n) is 4.61. The number of rotatable bonds is 3. The van der Waals surface area contributed by atoms with Crippen molar-refractivity contribution in [3.05, 3.63) is 59.2 Å². The maximum atomic E-state index is 12.0. The van der Waals surface area contributed by atoms with E-state index in [2.05, 4.69) is 5.32 Å². The van der Waals surface area contributed by atoms with Crippen LogP contribution in [-0.4, -0.2) is 16.8 Å². The Hall–Kier alpha value is -2.62. The quantitative estimate of drug-likeness (QED) is 0.841. The van der Waals surface area contributed by atoms with Gasteiger partial charge in [0, 0.05) is 11.3 Å². The second-order valence-corrected chi connectivity index (χ2v) is 4.61. The smallest absolute Gasteiger partial charge is 0.259 e. The first-order valence-corrected chi connectivity index (χ1v) is 6.19. The summed E-state index contributed by atoms with van der Waals surface area (Å²) in [6, 6.07) is 11.5. The van der Waals surface area contributed by atoms with Crippen LogP contribution < -0.4 is 5.32 Å². The summed E-state index contributed by atoms with van der Waals surface area (Å²) in [6.45, 7) is 3.32. The Balaban J connectivity index is 2.17. The van der Waals surface area contributed by atoms with Crippen LogP contribution in [0.4, 0.5) is 5.69 Å². The molecule has 0 aromatic heterocycles. The third kappa shape index (κ3) is 3.03. The summed E-state index contributed by atoms with van der Waals surface area (Å²) < 4.78 is 0.